The molecule has 1 aliphatic heterocycles. The van der Waals surface area contributed by atoms with E-state index in [1.807, 2.05) is 26.8 Å². The van der Waals surface area contributed by atoms with Gasteiger partial charge >= 0.3 is 6.09 Å². The van der Waals surface area contributed by atoms with Gasteiger partial charge in [-0.2, -0.15) is 0 Å². The van der Waals surface area contributed by atoms with Crippen LogP contribution in [0.3, 0.4) is 0 Å². The Balaban J connectivity index is 1.86. The number of pyridine rings is 1. The minimum absolute atomic E-state index is 0.273. The number of carbonyl (C=O) groups is 1. The topological polar surface area (TPSA) is 47.4 Å². The lowest BCUT2D eigenvalue weighted by Crippen LogP contribution is -2.41. The molecule has 112 valence electrons. The Morgan fingerprint density at radius 3 is 2.81 bits per heavy atom. The van der Waals surface area contributed by atoms with Crippen LogP contribution in [0.5, 0.6) is 0 Å². The molecule has 0 atom stereocenters. The van der Waals surface area contributed by atoms with Crippen molar-refractivity contribution in [3.05, 3.63) is 29.0 Å². The number of aromatic nitrogens is 2. The van der Waals surface area contributed by atoms with Gasteiger partial charge in [-0.15, -0.1) is 0 Å². The zero-order chi connectivity index (χ0) is 15.2. The lowest BCUT2D eigenvalue weighted by atomic mass is 10.2. The van der Waals surface area contributed by atoms with Gasteiger partial charge in [-0.3, -0.25) is 0 Å². The molecule has 0 aromatic carbocycles. The molecule has 3 rings (SSSR count). The number of hydrogen-bond acceptors (Lipinski definition) is 3. The number of rotatable bonds is 0. The summed E-state index contributed by atoms with van der Waals surface area (Å²) in [4.78, 5) is 18.2. The quantitative estimate of drug-likeness (QED) is 0.700. The normalized spacial score (nSPS) is 15.1. The van der Waals surface area contributed by atoms with Crippen LogP contribution >= 0.6 is 11.6 Å². The Hall–Kier alpha value is -1.75. The molecular weight excluding hydrogens is 290 g/mol. The van der Waals surface area contributed by atoms with Gasteiger partial charge in [-0.25, -0.2) is 9.78 Å². The highest BCUT2D eigenvalue weighted by Crippen LogP contribution is 2.25. The molecule has 0 saturated carbocycles. The maximum Gasteiger partial charge on any atom is 0.410 e. The second kappa shape index (κ2) is 4.91. The number of fused-ring (bicyclic) bond motifs is 3. The van der Waals surface area contributed by atoms with Gasteiger partial charge in [0.05, 0.1) is 6.54 Å². The van der Waals surface area contributed by atoms with Crippen LogP contribution in [0, 0.1) is 0 Å². The van der Waals surface area contributed by atoms with Gasteiger partial charge in [-0.1, -0.05) is 11.6 Å². The van der Waals surface area contributed by atoms with Crippen molar-refractivity contribution in [1.29, 1.82) is 0 Å². The van der Waals surface area contributed by atoms with Crippen molar-refractivity contribution in [2.75, 3.05) is 6.54 Å². The fraction of sp³-hybridized carbons (Fsp3) is 0.467. The molecule has 3 heterocycles. The van der Waals surface area contributed by atoms with Gasteiger partial charge < -0.3 is 14.2 Å². The number of ether oxygens (including phenoxy) is 1. The van der Waals surface area contributed by atoms with E-state index in [2.05, 4.69) is 15.6 Å². The Labute approximate surface area is 128 Å². The summed E-state index contributed by atoms with van der Waals surface area (Å²) >= 11 is 5.96. The molecule has 6 heteroatoms. The SMILES string of the molecule is CC(C)(C)OC(=O)N1CCn2c(cc3ccc(Cl)nc32)C1. The molecule has 0 N–H and O–H groups in total. The summed E-state index contributed by atoms with van der Waals surface area (Å²) < 4.78 is 7.54. The molecule has 5 nitrogen and oxygen atoms in total. The molecule has 2 aromatic rings. The van der Waals surface area contributed by atoms with Crippen LogP contribution in [-0.2, 0) is 17.8 Å². The average molecular weight is 308 g/mol. The van der Waals surface area contributed by atoms with E-state index < -0.39 is 5.60 Å². The summed E-state index contributed by atoms with van der Waals surface area (Å²) in [6.07, 6.45) is -0.273. The lowest BCUT2D eigenvalue weighted by molar-refractivity contribution is 0.0200. The van der Waals surface area contributed by atoms with Gasteiger partial charge in [0, 0.05) is 24.2 Å². The second-order valence-corrected chi connectivity index (χ2v) is 6.62. The van der Waals surface area contributed by atoms with Crippen LogP contribution in [0.4, 0.5) is 4.79 Å². The smallest absolute Gasteiger partial charge is 0.410 e. The largest absolute Gasteiger partial charge is 0.444 e. The van der Waals surface area contributed by atoms with E-state index >= 15 is 0 Å². The predicted octanol–water partition coefficient (Wildman–Crippen LogP) is 3.44. The Morgan fingerprint density at radius 1 is 1.33 bits per heavy atom. The van der Waals surface area contributed by atoms with E-state index in [1.54, 1.807) is 11.0 Å². The molecule has 0 fully saturated rings. The van der Waals surface area contributed by atoms with E-state index in [9.17, 15) is 4.79 Å². The van der Waals surface area contributed by atoms with Gasteiger partial charge in [0.15, 0.2) is 0 Å². The molecule has 0 unspecified atom stereocenters. The fourth-order valence-electron chi connectivity index (χ4n) is 2.52. The minimum Gasteiger partial charge on any atom is -0.444 e. The van der Waals surface area contributed by atoms with Crippen molar-refractivity contribution in [2.45, 2.75) is 39.5 Å². The van der Waals surface area contributed by atoms with E-state index in [-0.39, 0.29) is 6.09 Å². The fourth-order valence-corrected chi connectivity index (χ4v) is 2.66. The summed E-state index contributed by atoms with van der Waals surface area (Å²) in [6.45, 7) is 7.46. The van der Waals surface area contributed by atoms with Gasteiger partial charge in [0.25, 0.3) is 0 Å². The predicted molar refractivity (Wildman–Crippen MR) is 81.4 cm³/mol. The first-order valence-corrected chi connectivity index (χ1v) is 7.34. The molecule has 0 saturated heterocycles. The highest BCUT2D eigenvalue weighted by Gasteiger charge is 2.26. The van der Waals surface area contributed by atoms with Crippen LogP contribution in [0.15, 0.2) is 18.2 Å². The highest BCUT2D eigenvalue weighted by atomic mass is 35.5. The molecule has 21 heavy (non-hydrogen) atoms. The second-order valence-electron chi connectivity index (χ2n) is 6.24. The molecule has 0 aliphatic carbocycles. The summed E-state index contributed by atoms with van der Waals surface area (Å²) in [5.74, 6) is 0. The van der Waals surface area contributed by atoms with Gasteiger partial charge in [0.2, 0.25) is 0 Å². The number of hydrogen-bond donors (Lipinski definition) is 0. The summed E-state index contributed by atoms with van der Waals surface area (Å²) in [6, 6.07) is 5.78. The summed E-state index contributed by atoms with van der Waals surface area (Å²) in [5, 5.41) is 1.53. The van der Waals surface area contributed by atoms with Gasteiger partial charge in [0.1, 0.15) is 16.4 Å². The Bertz CT molecular complexity index is 703. The van der Waals surface area contributed by atoms with Crippen molar-refractivity contribution in [3.8, 4) is 0 Å². The van der Waals surface area contributed by atoms with E-state index in [1.165, 1.54) is 0 Å². The first-order chi connectivity index (χ1) is 9.83. The third-order valence-electron chi connectivity index (χ3n) is 3.39. The number of amides is 1. The van der Waals surface area contributed by atoms with Crippen molar-refractivity contribution in [2.24, 2.45) is 0 Å². The van der Waals surface area contributed by atoms with Crippen molar-refractivity contribution < 1.29 is 9.53 Å². The van der Waals surface area contributed by atoms with Crippen molar-refractivity contribution in [3.63, 3.8) is 0 Å². The number of nitrogens with zero attached hydrogens (tertiary/aromatic N) is 3. The van der Waals surface area contributed by atoms with Crippen LogP contribution < -0.4 is 0 Å². The van der Waals surface area contributed by atoms with Crippen LogP contribution in [0.2, 0.25) is 5.15 Å². The monoisotopic (exact) mass is 307 g/mol. The molecule has 0 radical (unpaired) electrons. The number of carbonyl (C=O) groups excluding carboxylic acids is 1. The van der Waals surface area contributed by atoms with Crippen molar-refractivity contribution in [1.82, 2.24) is 14.5 Å². The summed E-state index contributed by atoms with van der Waals surface area (Å²) in [5.41, 5.74) is 1.45. The molecule has 1 amide bonds. The first kappa shape index (κ1) is 14.2. The Morgan fingerprint density at radius 2 is 2.10 bits per heavy atom. The minimum atomic E-state index is -0.476. The van der Waals surface area contributed by atoms with E-state index in [4.69, 9.17) is 16.3 Å². The first-order valence-electron chi connectivity index (χ1n) is 6.96. The molecular formula is C15H18ClN3O2. The third-order valence-corrected chi connectivity index (χ3v) is 3.60. The lowest BCUT2D eigenvalue weighted by Gasteiger charge is -2.31. The van der Waals surface area contributed by atoms with Crippen LogP contribution in [0.25, 0.3) is 11.0 Å². The average Bonchev–Trinajstić information content (AvgIpc) is 2.73. The van der Waals surface area contributed by atoms with E-state index in [0.29, 0.717) is 24.8 Å². The van der Waals surface area contributed by atoms with Gasteiger partial charge in [-0.05, 0) is 39.0 Å². The maximum atomic E-state index is 12.2. The molecule has 2 aromatic heterocycles. The van der Waals surface area contributed by atoms with Crippen LogP contribution in [0.1, 0.15) is 26.5 Å². The molecule has 0 bridgehead atoms. The zero-order valence-electron chi connectivity index (χ0n) is 12.4. The summed E-state index contributed by atoms with van der Waals surface area (Å²) in [7, 11) is 0. The number of halogens is 1. The maximum absolute atomic E-state index is 12.2. The standard InChI is InChI=1S/C15H18ClN3O2/c1-15(2,3)21-14(20)18-6-7-19-11(9-18)8-10-4-5-12(16)17-13(10)19/h4-5,8H,6-7,9H2,1-3H3. The zero-order valence-corrected chi connectivity index (χ0v) is 13.1. The van der Waals surface area contributed by atoms with E-state index in [0.717, 1.165) is 16.7 Å². The van der Waals surface area contributed by atoms with Crippen molar-refractivity contribution >= 4 is 28.7 Å². The molecule has 1 aliphatic rings. The Kier molecular flexibility index (Phi) is 3.32. The van der Waals surface area contributed by atoms with Crippen LogP contribution in [-0.4, -0.2) is 32.7 Å². The highest BCUT2D eigenvalue weighted by molar-refractivity contribution is 6.29. The molecule has 0 spiro atoms. The third kappa shape index (κ3) is 2.83.